The standard InChI is InChI=1S/C22H32N2O4/c1-22(2,27)9-8-17-5-3-6-18(15-17)20(25)24-10-4-7-19(16-24)21(26)23-11-13-28-14-12-23/h3,5-6,15,19,27H,4,7-14,16H2,1-2H3/t19-/m0/s1. The van der Waals surface area contributed by atoms with E-state index in [0.717, 1.165) is 24.8 Å². The Bertz CT molecular complexity index is 692. The molecular formula is C22H32N2O4. The van der Waals surface area contributed by atoms with Gasteiger partial charge in [-0.1, -0.05) is 12.1 Å². The summed E-state index contributed by atoms with van der Waals surface area (Å²) in [4.78, 5) is 29.5. The quantitative estimate of drug-likeness (QED) is 0.839. The maximum Gasteiger partial charge on any atom is 0.253 e. The van der Waals surface area contributed by atoms with Gasteiger partial charge < -0.3 is 19.6 Å². The maximum atomic E-state index is 13.0. The monoisotopic (exact) mass is 388 g/mol. The van der Waals surface area contributed by atoms with Crippen LogP contribution in [-0.2, 0) is 16.0 Å². The van der Waals surface area contributed by atoms with Crippen molar-refractivity contribution in [3.05, 3.63) is 35.4 Å². The van der Waals surface area contributed by atoms with E-state index in [1.165, 1.54) is 0 Å². The Morgan fingerprint density at radius 1 is 1.18 bits per heavy atom. The van der Waals surface area contributed by atoms with E-state index in [4.69, 9.17) is 4.74 Å². The number of piperidine rings is 1. The van der Waals surface area contributed by atoms with Crippen LogP contribution in [0.1, 0.15) is 49.0 Å². The summed E-state index contributed by atoms with van der Waals surface area (Å²) < 4.78 is 5.33. The molecule has 3 rings (SSSR count). The largest absolute Gasteiger partial charge is 0.390 e. The van der Waals surface area contributed by atoms with Gasteiger partial charge in [0.1, 0.15) is 0 Å². The van der Waals surface area contributed by atoms with E-state index in [1.54, 1.807) is 13.8 Å². The first-order valence-corrected chi connectivity index (χ1v) is 10.3. The lowest BCUT2D eigenvalue weighted by atomic mass is 9.95. The summed E-state index contributed by atoms with van der Waals surface area (Å²) in [5.41, 5.74) is 0.985. The van der Waals surface area contributed by atoms with E-state index in [0.29, 0.717) is 51.4 Å². The van der Waals surface area contributed by atoms with Crippen molar-refractivity contribution in [1.29, 1.82) is 0 Å². The number of benzene rings is 1. The van der Waals surface area contributed by atoms with E-state index in [1.807, 2.05) is 34.1 Å². The van der Waals surface area contributed by atoms with Crippen LogP contribution in [0.2, 0.25) is 0 Å². The van der Waals surface area contributed by atoms with Gasteiger partial charge in [0.05, 0.1) is 24.7 Å². The van der Waals surface area contributed by atoms with Gasteiger partial charge in [-0.05, 0) is 57.2 Å². The van der Waals surface area contributed by atoms with Crippen LogP contribution in [0.5, 0.6) is 0 Å². The highest BCUT2D eigenvalue weighted by Gasteiger charge is 2.32. The zero-order chi connectivity index (χ0) is 20.1. The Balaban J connectivity index is 1.62. The molecule has 1 N–H and O–H groups in total. The number of morpholine rings is 1. The maximum absolute atomic E-state index is 13.0. The molecule has 0 radical (unpaired) electrons. The average molecular weight is 389 g/mol. The molecule has 0 aliphatic carbocycles. The Morgan fingerprint density at radius 3 is 2.64 bits per heavy atom. The molecule has 0 unspecified atom stereocenters. The first kappa shape index (κ1) is 20.8. The van der Waals surface area contributed by atoms with Gasteiger partial charge in [-0.2, -0.15) is 0 Å². The topological polar surface area (TPSA) is 70.1 Å². The number of nitrogens with zero attached hydrogens (tertiary/aromatic N) is 2. The summed E-state index contributed by atoms with van der Waals surface area (Å²) in [5, 5.41) is 9.93. The summed E-state index contributed by atoms with van der Waals surface area (Å²) in [7, 11) is 0. The van der Waals surface area contributed by atoms with Crippen molar-refractivity contribution in [2.45, 2.75) is 45.1 Å². The molecule has 1 atom stereocenters. The second-order valence-electron chi connectivity index (χ2n) is 8.54. The minimum atomic E-state index is -0.722. The number of aryl methyl sites for hydroxylation is 1. The number of rotatable bonds is 5. The molecule has 6 nitrogen and oxygen atoms in total. The lowest BCUT2D eigenvalue weighted by molar-refractivity contribution is -0.141. The SMILES string of the molecule is CC(C)(O)CCc1cccc(C(=O)N2CCC[C@H](C(=O)N3CCOCC3)C2)c1. The zero-order valence-corrected chi connectivity index (χ0v) is 17.0. The summed E-state index contributed by atoms with van der Waals surface area (Å²) >= 11 is 0. The number of likely N-dealkylation sites (tertiary alicyclic amines) is 1. The van der Waals surface area contributed by atoms with Gasteiger partial charge in [0.25, 0.3) is 5.91 Å². The van der Waals surface area contributed by atoms with E-state index >= 15 is 0 Å². The van der Waals surface area contributed by atoms with Crippen molar-refractivity contribution in [1.82, 2.24) is 9.80 Å². The first-order valence-electron chi connectivity index (χ1n) is 10.3. The fourth-order valence-corrected chi connectivity index (χ4v) is 3.90. The zero-order valence-electron chi connectivity index (χ0n) is 17.0. The fourth-order valence-electron chi connectivity index (χ4n) is 3.90. The normalized spacial score (nSPS) is 20.9. The molecule has 2 aliphatic heterocycles. The fraction of sp³-hybridized carbons (Fsp3) is 0.636. The van der Waals surface area contributed by atoms with Crippen LogP contribution >= 0.6 is 0 Å². The van der Waals surface area contributed by atoms with Crippen molar-refractivity contribution in [2.75, 3.05) is 39.4 Å². The van der Waals surface area contributed by atoms with Gasteiger partial charge in [-0.3, -0.25) is 9.59 Å². The second kappa shape index (κ2) is 9.05. The predicted octanol–water partition coefficient (Wildman–Crippen LogP) is 2.10. The highest BCUT2D eigenvalue weighted by atomic mass is 16.5. The first-order chi connectivity index (χ1) is 13.3. The molecule has 2 fully saturated rings. The molecule has 2 saturated heterocycles. The van der Waals surface area contributed by atoms with Crippen LogP contribution < -0.4 is 0 Å². The lowest BCUT2D eigenvalue weighted by Gasteiger charge is -2.36. The molecule has 154 valence electrons. The summed E-state index contributed by atoms with van der Waals surface area (Å²) in [5.74, 6) is 0.0264. The second-order valence-corrected chi connectivity index (χ2v) is 8.54. The van der Waals surface area contributed by atoms with Crippen LogP contribution in [-0.4, -0.2) is 71.7 Å². The van der Waals surface area contributed by atoms with Gasteiger partial charge in [0, 0.05) is 31.7 Å². The highest BCUT2D eigenvalue weighted by molar-refractivity contribution is 5.95. The summed E-state index contributed by atoms with van der Waals surface area (Å²) in [6, 6.07) is 7.64. The van der Waals surface area contributed by atoms with Gasteiger partial charge >= 0.3 is 0 Å². The third kappa shape index (κ3) is 5.55. The van der Waals surface area contributed by atoms with Crippen molar-refractivity contribution in [3.63, 3.8) is 0 Å². The molecule has 1 aromatic carbocycles. The lowest BCUT2D eigenvalue weighted by Crippen LogP contribution is -2.49. The van der Waals surface area contributed by atoms with E-state index in [9.17, 15) is 14.7 Å². The molecule has 0 bridgehead atoms. The molecule has 6 heteroatoms. The summed E-state index contributed by atoms with van der Waals surface area (Å²) in [6.45, 7) is 7.25. The van der Waals surface area contributed by atoms with Crippen molar-refractivity contribution < 1.29 is 19.4 Å². The number of amides is 2. The van der Waals surface area contributed by atoms with Crippen LogP contribution in [0.4, 0.5) is 0 Å². The Hall–Kier alpha value is -1.92. The minimum Gasteiger partial charge on any atom is -0.390 e. The van der Waals surface area contributed by atoms with Gasteiger partial charge in [0.15, 0.2) is 0 Å². The number of hydrogen-bond acceptors (Lipinski definition) is 4. The molecule has 1 aromatic rings. The number of carbonyl (C=O) groups excluding carboxylic acids is 2. The van der Waals surface area contributed by atoms with Crippen LogP contribution in [0.3, 0.4) is 0 Å². The van der Waals surface area contributed by atoms with Crippen LogP contribution in [0.25, 0.3) is 0 Å². The molecule has 28 heavy (non-hydrogen) atoms. The molecule has 2 heterocycles. The van der Waals surface area contributed by atoms with E-state index in [2.05, 4.69) is 0 Å². The molecule has 0 saturated carbocycles. The van der Waals surface area contributed by atoms with E-state index < -0.39 is 5.60 Å². The smallest absolute Gasteiger partial charge is 0.253 e. The number of ether oxygens (including phenoxy) is 1. The summed E-state index contributed by atoms with van der Waals surface area (Å²) in [6.07, 6.45) is 3.06. The van der Waals surface area contributed by atoms with Crippen molar-refractivity contribution in [2.24, 2.45) is 5.92 Å². The Morgan fingerprint density at radius 2 is 1.93 bits per heavy atom. The van der Waals surface area contributed by atoms with Crippen LogP contribution in [0.15, 0.2) is 24.3 Å². The van der Waals surface area contributed by atoms with Gasteiger partial charge in [-0.15, -0.1) is 0 Å². The Kier molecular flexibility index (Phi) is 6.73. The number of carbonyl (C=O) groups is 2. The molecule has 2 amide bonds. The molecule has 0 aromatic heterocycles. The highest BCUT2D eigenvalue weighted by Crippen LogP contribution is 2.22. The van der Waals surface area contributed by atoms with Crippen LogP contribution in [0, 0.1) is 5.92 Å². The van der Waals surface area contributed by atoms with Crippen molar-refractivity contribution >= 4 is 11.8 Å². The predicted molar refractivity (Wildman–Crippen MR) is 107 cm³/mol. The average Bonchev–Trinajstić information content (AvgIpc) is 2.71. The number of aliphatic hydroxyl groups is 1. The molecule has 0 spiro atoms. The van der Waals surface area contributed by atoms with Crippen molar-refractivity contribution in [3.8, 4) is 0 Å². The number of hydrogen-bond donors (Lipinski definition) is 1. The van der Waals surface area contributed by atoms with Gasteiger partial charge in [-0.25, -0.2) is 0 Å². The minimum absolute atomic E-state index is 0.00964. The third-order valence-electron chi connectivity index (χ3n) is 5.58. The van der Waals surface area contributed by atoms with E-state index in [-0.39, 0.29) is 17.7 Å². The van der Waals surface area contributed by atoms with Gasteiger partial charge in [0.2, 0.25) is 5.91 Å². The molecule has 2 aliphatic rings. The third-order valence-corrected chi connectivity index (χ3v) is 5.58. The molecular weight excluding hydrogens is 356 g/mol. The Labute approximate surface area is 167 Å².